The van der Waals surface area contributed by atoms with Crippen molar-refractivity contribution in [3.63, 3.8) is 0 Å². The lowest BCUT2D eigenvalue weighted by Gasteiger charge is -2.28. The third-order valence-corrected chi connectivity index (χ3v) is 10.2. The number of benzene rings is 9. The summed E-state index contributed by atoms with van der Waals surface area (Å²) in [6.45, 7) is 0. The first-order chi connectivity index (χ1) is 25.8. The van der Waals surface area contributed by atoms with Crippen LogP contribution in [0.3, 0.4) is 0 Å². The van der Waals surface area contributed by atoms with E-state index in [-0.39, 0.29) is 0 Å². The molecule has 0 spiro atoms. The van der Waals surface area contributed by atoms with Crippen LogP contribution in [0.5, 0.6) is 0 Å². The summed E-state index contributed by atoms with van der Waals surface area (Å²) < 4.78 is 6.62. The Morgan fingerprint density at radius 3 is 1.67 bits per heavy atom. The van der Waals surface area contributed by atoms with Crippen molar-refractivity contribution in [1.82, 2.24) is 0 Å². The first kappa shape index (κ1) is 30.0. The van der Waals surface area contributed by atoms with Crippen LogP contribution in [0.4, 0.5) is 17.1 Å². The van der Waals surface area contributed by atoms with E-state index in [1.54, 1.807) is 0 Å². The number of rotatable bonds is 6. The molecule has 1 heterocycles. The maximum absolute atomic E-state index is 6.62. The van der Waals surface area contributed by atoms with Crippen molar-refractivity contribution >= 4 is 60.5 Å². The molecule has 10 rings (SSSR count). The predicted octanol–water partition coefficient (Wildman–Crippen LogP) is 14.4. The summed E-state index contributed by atoms with van der Waals surface area (Å²) in [6.07, 6.45) is 0. The number of para-hydroxylation sites is 2. The van der Waals surface area contributed by atoms with Crippen LogP contribution in [-0.4, -0.2) is 0 Å². The molecule has 2 nitrogen and oxygen atoms in total. The SMILES string of the molecule is c1ccc(-c2ccc(N(c3ccc(-c4ccc5ccccc5c4)cc3)c3ccccc3-c3cc4ccccc4c4oc5ccccc5c34)cc2)cc1. The molecule has 244 valence electrons. The molecule has 0 N–H and O–H groups in total. The van der Waals surface area contributed by atoms with Crippen molar-refractivity contribution in [3.8, 4) is 33.4 Å². The van der Waals surface area contributed by atoms with E-state index in [0.29, 0.717) is 0 Å². The number of hydrogen-bond donors (Lipinski definition) is 0. The molecule has 52 heavy (non-hydrogen) atoms. The largest absolute Gasteiger partial charge is 0.455 e. The van der Waals surface area contributed by atoms with E-state index in [4.69, 9.17) is 4.42 Å². The third kappa shape index (κ3) is 5.12. The lowest BCUT2D eigenvalue weighted by Crippen LogP contribution is -2.11. The summed E-state index contributed by atoms with van der Waals surface area (Å²) in [7, 11) is 0. The summed E-state index contributed by atoms with van der Waals surface area (Å²) in [5.41, 5.74) is 12.1. The van der Waals surface area contributed by atoms with Crippen LogP contribution in [0.25, 0.3) is 76.9 Å². The zero-order chi connectivity index (χ0) is 34.4. The molecule has 2 heteroatoms. The van der Waals surface area contributed by atoms with Gasteiger partial charge in [-0.3, -0.25) is 0 Å². The second-order valence-corrected chi connectivity index (χ2v) is 13.3. The molecule has 10 aromatic rings. The predicted molar refractivity (Wildman–Crippen MR) is 220 cm³/mol. The Morgan fingerprint density at radius 1 is 0.346 bits per heavy atom. The van der Waals surface area contributed by atoms with E-state index in [1.807, 2.05) is 6.07 Å². The molecule has 0 amide bonds. The van der Waals surface area contributed by atoms with Crippen molar-refractivity contribution < 1.29 is 4.42 Å². The average Bonchev–Trinajstić information content (AvgIpc) is 3.62. The van der Waals surface area contributed by atoms with Crippen molar-refractivity contribution in [1.29, 1.82) is 0 Å². The van der Waals surface area contributed by atoms with E-state index >= 15 is 0 Å². The quantitative estimate of drug-likeness (QED) is 0.176. The Kier molecular flexibility index (Phi) is 7.18. The van der Waals surface area contributed by atoms with E-state index in [2.05, 4.69) is 199 Å². The minimum Gasteiger partial charge on any atom is -0.455 e. The van der Waals surface area contributed by atoms with Gasteiger partial charge in [-0.15, -0.1) is 0 Å². The molecule has 0 atom stereocenters. The second-order valence-electron chi connectivity index (χ2n) is 13.3. The summed E-state index contributed by atoms with van der Waals surface area (Å²) in [5, 5.41) is 7.01. The number of hydrogen-bond acceptors (Lipinski definition) is 2. The molecule has 0 fully saturated rings. The first-order valence-electron chi connectivity index (χ1n) is 17.8. The van der Waals surface area contributed by atoms with Crippen molar-refractivity contribution in [2.75, 3.05) is 4.90 Å². The van der Waals surface area contributed by atoms with Gasteiger partial charge in [-0.25, -0.2) is 0 Å². The van der Waals surface area contributed by atoms with Gasteiger partial charge < -0.3 is 9.32 Å². The zero-order valence-corrected chi connectivity index (χ0v) is 28.4. The summed E-state index contributed by atoms with van der Waals surface area (Å²) in [5.74, 6) is 0. The molecule has 0 unspecified atom stereocenters. The van der Waals surface area contributed by atoms with Crippen LogP contribution < -0.4 is 4.90 Å². The minimum absolute atomic E-state index is 0.894. The van der Waals surface area contributed by atoms with Gasteiger partial charge in [0.1, 0.15) is 11.2 Å². The Hall–Kier alpha value is -6.90. The van der Waals surface area contributed by atoms with Gasteiger partial charge in [-0.1, -0.05) is 152 Å². The van der Waals surface area contributed by atoms with E-state index < -0.39 is 0 Å². The molecule has 9 aromatic carbocycles. The normalized spacial score (nSPS) is 11.5. The number of fused-ring (bicyclic) bond motifs is 6. The number of furan rings is 1. The van der Waals surface area contributed by atoms with E-state index in [9.17, 15) is 0 Å². The van der Waals surface area contributed by atoms with Gasteiger partial charge in [0.15, 0.2) is 0 Å². The molecule has 1 aromatic heterocycles. The summed E-state index contributed by atoms with van der Waals surface area (Å²) in [6, 6.07) is 71.7. The van der Waals surface area contributed by atoms with E-state index in [1.165, 1.54) is 33.0 Å². The summed E-state index contributed by atoms with van der Waals surface area (Å²) >= 11 is 0. The fraction of sp³-hybridized carbons (Fsp3) is 0. The first-order valence-corrected chi connectivity index (χ1v) is 17.8. The Morgan fingerprint density at radius 2 is 0.904 bits per heavy atom. The molecular weight excluding hydrogens is 631 g/mol. The fourth-order valence-electron chi connectivity index (χ4n) is 7.70. The molecule has 0 radical (unpaired) electrons. The molecule has 0 bridgehead atoms. The van der Waals surface area contributed by atoms with Crippen molar-refractivity contribution in [2.24, 2.45) is 0 Å². The maximum atomic E-state index is 6.62. The molecule has 0 aliphatic rings. The lowest BCUT2D eigenvalue weighted by molar-refractivity contribution is 0.673. The molecule has 0 aliphatic heterocycles. The van der Waals surface area contributed by atoms with Crippen LogP contribution in [0.15, 0.2) is 205 Å². The van der Waals surface area contributed by atoms with Crippen molar-refractivity contribution in [2.45, 2.75) is 0 Å². The highest BCUT2D eigenvalue weighted by molar-refractivity contribution is 6.22. The Labute approximate surface area is 302 Å². The molecule has 0 saturated heterocycles. The third-order valence-electron chi connectivity index (χ3n) is 10.2. The Bertz CT molecular complexity index is 2890. The minimum atomic E-state index is 0.894. The zero-order valence-electron chi connectivity index (χ0n) is 28.4. The van der Waals surface area contributed by atoms with Crippen molar-refractivity contribution in [3.05, 3.63) is 200 Å². The fourth-order valence-corrected chi connectivity index (χ4v) is 7.70. The van der Waals surface area contributed by atoms with Crippen LogP contribution in [0.1, 0.15) is 0 Å². The summed E-state index contributed by atoms with van der Waals surface area (Å²) in [4.78, 5) is 2.39. The highest BCUT2D eigenvalue weighted by Gasteiger charge is 2.22. The Balaban J connectivity index is 1.17. The number of nitrogens with zero attached hydrogens (tertiary/aromatic N) is 1. The smallest absolute Gasteiger partial charge is 0.143 e. The molecule has 0 aliphatic carbocycles. The highest BCUT2D eigenvalue weighted by Crippen LogP contribution is 2.47. The average molecular weight is 664 g/mol. The van der Waals surface area contributed by atoms with Crippen LogP contribution in [0.2, 0.25) is 0 Å². The van der Waals surface area contributed by atoms with E-state index in [0.717, 1.165) is 60.9 Å². The second kappa shape index (κ2) is 12.5. The van der Waals surface area contributed by atoms with Gasteiger partial charge in [0.25, 0.3) is 0 Å². The lowest BCUT2D eigenvalue weighted by atomic mass is 9.93. The maximum Gasteiger partial charge on any atom is 0.143 e. The topological polar surface area (TPSA) is 16.4 Å². The van der Waals surface area contributed by atoms with Gasteiger partial charge in [-0.2, -0.15) is 0 Å². The highest BCUT2D eigenvalue weighted by atomic mass is 16.3. The van der Waals surface area contributed by atoms with Gasteiger partial charge in [0.05, 0.1) is 5.69 Å². The van der Waals surface area contributed by atoms with Gasteiger partial charge >= 0.3 is 0 Å². The van der Waals surface area contributed by atoms with Crippen LogP contribution in [-0.2, 0) is 0 Å². The van der Waals surface area contributed by atoms with Gasteiger partial charge in [-0.05, 0) is 92.5 Å². The van der Waals surface area contributed by atoms with Gasteiger partial charge in [0, 0.05) is 33.1 Å². The molecular formula is C50H33NO. The standard InChI is InChI=1S/C50H33NO/c1-2-12-34(13-3-1)36-24-28-41(29-25-36)51(42-30-26-37(27-31-42)39-23-22-35-14-4-5-15-38(35)32-39)47-20-10-8-18-44(47)46-33-40-16-6-7-17-43(40)50-49(46)45-19-9-11-21-48(45)52-50/h1-33H. The number of anilines is 3. The molecule has 0 saturated carbocycles. The monoisotopic (exact) mass is 663 g/mol. The van der Waals surface area contributed by atoms with Gasteiger partial charge in [0.2, 0.25) is 0 Å². The van der Waals surface area contributed by atoms with Crippen LogP contribution in [0, 0.1) is 0 Å². The van der Waals surface area contributed by atoms with Crippen LogP contribution >= 0.6 is 0 Å².